The van der Waals surface area contributed by atoms with E-state index in [1.807, 2.05) is 53.9 Å². The summed E-state index contributed by atoms with van der Waals surface area (Å²) in [7, 11) is 0. The molecule has 4 nitrogen and oxygen atoms in total. The number of benzene rings is 2. The molecule has 0 atom stereocenters. The molecule has 0 radical (unpaired) electrons. The van der Waals surface area contributed by atoms with Crippen LogP contribution in [0.3, 0.4) is 0 Å². The number of hydrogen-bond acceptors (Lipinski definition) is 5. The maximum absolute atomic E-state index is 6.39. The van der Waals surface area contributed by atoms with Crippen molar-refractivity contribution in [3.8, 4) is 5.75 Å². The minimum Gasteiger partial charge on any atom is -0.487 e. The Hall–Kier alpha value is -2.15. The first kappa shape index (κ1) is 17.3. The summed E-state index contributed by atoms with van der Waals surface area (Å²) in [5.41, 5.74) is 2.83. The second-order valence-corrected chi connectivity index (χ2v) is 7.69. The van der Waals surface area contributed by atoms with E-state index in [0.29, 0.717) is 17.4 Å². The van der Waals surface area contributed by atoms with Gasteiger partial charge in [0, 0.05) is 15.7 Å². The number of fused-ring (bicyclic) bond motifs is 1. The average molecular weight is 447 g/mol. The molecule has 0 aliphatic carbocycles. The Morgan fingerprint density at radius 1 is 1.12 bits per heavy atom. The number of halogens is 2. The monoisotopic (exact) mass is 445 g/mol. The van der Waals surface area contributed by atoms with Crippen molar-refractivity contribution in [1.82, 2.24) is 9.97 Å². The predicted octanol–water partition coefficient (Wildman–Crippen LogP) is 6.43. The van der Waals surface area contributed by atoms with Gasteiger partial charge in [-0.2, -0.15) is 0 Å². The van der Waals surface area contributed by atoms with Crippen LogP contribution in [0.5, 0.6) is 5.75 Å². The standard InChI is InChI=1S/C19H13BrClN3OS/c20-14-4-2-1-3-12(14)10-25-17-6-5-13(9-15(17)21)24-19-18-16(7-8-26-18)22-11-23-19/h1-9,11H,10H2,(H,22,23,24). The lowest BCUT2D eigenvalue weighted by Gasteiger charge is -2.12. The molecule has 0 aliphatic rings. The molecule has 0 unspecified atom stereocenters. The Kier molecular flexibility index (Phi) is 5.06. The maximum Gasteiger partial charge on any atom is 0.151 e. The third-order valence-corrected chi connectivity index (χ3v) is 5.76. The van der Waals surface area contributed by atoms with Crippen molar-refractivity contribution >= 4 is 60.6 Å². The van der Waals surface area contributed by atoms with Gasteiger partial charge in [0.2, 0.25) is 0 Å². The van der Waals surface area contributed by atoms with E-state index in [1.165, 1.54) is 0 Å². The molecule has 4 rings (SSSR count). The van der Waals surface area contributed by atoms with Crippen LogP contribution in [0.1, 0.15) is 5.56 Å². The molecule has 0 aliphatic heterocycles. The van der Waals surface area contributed by atoms with Gasteiger partial charge >= 0.3 is 0 Å². The van der Waals surface area contributed by atoms with Crippen LogP contribution in [0.4, 0.5) is 11.5 Å². The first-order valence-corrected chi connectivity index (χ1v) is 9.87. The minimum absolute atomic E-state index is 0.440. The summed E-state index contributed by atoms with van der Waals surface area (Å²) in [6, 6.07) is 15.5. The lowest BCUT2D eigenvalue weighted by molar-refractivity contribution is 0.305. The second-order valence-electron chi connectivity index (χ2n) is 5.51. The summed E-state index contributed by atoms with van der Waals surface area (Å²) in [4.78, 5) is 8.57. The van der Waals surface area contributed by atoms with Crippen LogP contribution < -0.4 is 10.1 Å². The van der Waals surface area contributed by atoms with E-state index in [1.54, 1.807) is 17.7 Å². The Labute approximate surface area is 168 Å². The number of nitrogens with zero attached hydrogens (tertiary/aromatic N) is 2. The van der Waals surface area contributed by atoms with Gasteiger partial charge < -0.3 is 10.1 Å². The van der Waals surface area contributed by atoms with Crippen molar-refractivity contribution in [2.24, 2.45) is 0 Å². The van der Waals surface area contributed by atoms with Crippen molar-refractivity contribution in [3.05, 3.63) is 75.3 Å². The summed E-state index contributed by atoms with van der Waals surface area (Å²) < 4.78 is 7.88. The number of thiophene rings is 1. The zero-order valence-corrected chi connectivity index (χ0v) is 16.6. The summed E-state index contributed by atoms with van der Waals surface area (Å²) >= 11 is 11.5. The molecule has 0 fully saturated rings. The van der Waals surface area contributed by atoms with Gasteiger partial charge in [0.05, 0.1) is 15.2 Å². The fourth-order valence-corrected chi connectivity index (χ4v) is 3.91. The second kappa shape index (κ2) is 7.61. The van der Waals surface area contributed by atoms with E-state index >= 15 is 0 Å². The number of hydrogen-bond donors (Lipinski definition) is 1. The molecular formula is C19H13BrClN3OS. The lowest BCUT2D eigenvalue weighted by atomic mass is 10.2. The van der Waals surface area contributed by atoms with Crippen LogP contribution in [0.2, 0.25) is 5.02 Å². The van der Waals surface area contributed by atoms with Gasteiger partial charge in [0.1, 0.15) is 18.7 Å². The maximum atomic E-state index is 6.39. The summed E-state index contributed by atoms with van der Waals surface area (Å²) in [5.74, 6) is 1.40. The van der Waals surface area contributed by atoms with Gasteiger partial charge in [0.25, 0.3) is 0 Å². The van der Waals surface area contributed by atoms with Crippen LogP contribution in [-0.2, 0) is 6.61 Å². The smallest absolute Gasteiger partial charge is 0.151 e. The van der Waals surface area contributed by atoms with Crippen molar-refractivity contribution in [1.29, 1.82) is 0 Å². The molecule has 7 heteroatoms. The molecule has 1 N–H and O–H groups in total. The molecule has 2 aromatic heterocycles. The molecule has 0 bridgehead atoms. The highest BCUT2D eigenvalue weighted by atomic mass is 79.9. The first-order valence-electron chi connectivity index (χ1n) is 7.82. The van der Waals surface area contributed by atoms with Crippen LogP contribution in [0, 0.1) is 0 Å². The van der Waals surface area contributed by atoms with Gasteiger partial charge in [0.15, 0.2) is 5.82 Å². The third-order valence-electron chi connectivity index (χ3n) is 3.78. The van der Waals surface area contributed by atoms with Crippen molar-refractivity contribution in [2.75, 3.05) is 5.32 Å². The first-order chi connectivity index (χ1) is 12.7. The topological polar surface area (TPSA) is 47.0 Å². The highest BCUT2D eigenvalue weighted by molar-refractivity contribution is 9.10. The van der Waals surface area contributed by atoms with Gasteiger partial charge in [-0.1, -0.05) is 45.7 Å². The van der Waals surface area contributed by atoms with Gasteiger partial charge in [-0.25, -0.2) is 9.97 Å². The molecule has 0 spiro atoms. The molecule has 2 aromatic carbocycles. The molecule has 0 saturated heterocycles. The van der Waals surface area contributed by atoms with Crippen molar-refractivity contribution in [2.45, 2.75) is 6.61 Å². The number of ether oxygens (including phenoxy) is 1. The van der Waals surface area contributed by atoms with Crippen LogP contribution in [-0.4, -0.2) is 9.97 Å². The fraction of sp³-hybridized carbons (Fsp3) is 0.0526. The summed E-state index contributed by atoms with van der Waals surface area (Å²) in [5, 5.41) is 5.83. The lowest BCUT2D eigenvalue weighted by Crippen LogP contribution is -1.98. The van der Waals surface area contributed by atoms with Crippen molar-refractivity contribution < 1.29 is 4.74 Å². The third kappa shape index (κ3) is 3.67. The average Bonchev–Trinajstić information content (AvgIpc) is 3.12. The molecular weight excluding hydrogens is 434 g/mol. The normalized spacial score (nSPS) is 10.8. The Morgan fingerprint density at radius 2 is 2.00 bits per heavy atom. The van der Waals surface area contributed by atoms with Gasteiger partial charge in [-0.05, 0) is 35.7 Å². The SMILES string of the molecule is Clc1cc(Nc2ncnc3ccsc23)ccc1OCc1ccccc1Br. The van der Waals surface area contributed by atoms with E-state index in [9.17, 15) is 0 Å². The number of nitrogens with one attached hydrogen (secondary N) is 1. The van der Waals surface area contributed by atoms with E-state index in [0.717, 1.165) is 31.8 Å². The number of rotatable bonds is 5. The molecule has 2 heterocycles. The van der Waals surface area contributed by atoms with E-state index in [4.69, 9.17) is 16.3 Å². The zero-order valence-electron chi connectivity index (χ0n) is 13.4. The number of aromatic nitrogens is 2. The highest BCUT2D eigenvalue weighted by Crippen LogP contribution is 2.32. The van der Waals surface area contributed by atoms with Crippen LogP contribution in [0.25, 0.3) is 10.2 Å². The zero-order chi connectivity index (χ0) is 17.9. The molecule has 26 heavy (non-hydrogen) atoms. The van der Waals surface area contributed by atoms with E-state index < -0.39 is 0 Å². The molecule has 130 valence electrons. The largest absolute Gasteiger partial charge is 0.487 e. The Bertz CT molecular complexity index is 1070. The van der Waals surface area contributed by atoms with E-state index in [2.05, 4.69) is 31.2 Å². The number of anilines is 2. The van der Waals surface area contributed by atoms with E-state index in [-0.39, 0.29) is 0 Å². The van der Waals surface area contributed by atoms with Crippen LogP contribution >= 0.6 is 38.9 Å². The minimum atomic E-state index is 0.440. The van der Waals surface area contributed by atoms with Gasteiger partial charge in [-0.3, -0.25) is 0 Å². The Balaban J connectivity index is 1.51. The molecule has 4 aromatic rings. The van der Waals surface area contributed by atoms with Crippen LogP contribution in [0.15, 0.2) is 64.7 Å². The quantitative estimate of drug-likeness (QED) is 0.384. The highest BCUT2D eigenvalue weighted by Gasteiger charge is 2.08. The molecule has 0 amide bonds. The predicted molar refractivity (Wildman–Crippen MR) is 111 cm³/mol. The Morgan fingerprint density at radius 3 is 2.85 bits per heavy atom. The molecule has 0 saturated carbocycles. The van der Waals surface area contributed by atoms with Gasteiger partial charge in [-0.15, -0.1) is 11.3 Å². The summed E-state index contributed by atoms with van der Waals surface area (Å²) in [6.45, 7) is 0.440. The van der Waals surface area contributed by atoms with Crippen molar-refractivity contribution in [3.63, 3.8) is 0 Å². The summed E-state index contributed by atoms with van der Waals surface area (Å²) in [6.07, 6.45) is 1.55. The fourth-order valence-electron chi connectivity index (χ4n) is 2.48.